The normalized spacial score (nSPS) is 13.9. The zero-order chi connectivity index (χ0) is 14.8. The number of phenolic OH excluding ortho intramolecular Hbond substituents is 1. The molecule has 0 aliphatic carbocycles. The first-order valence-electron chi connectivity index (χ1n) is 6.27. The number of hydrogen-bond acceptors (Lipinski definition) is 4. The number of carbonyl (C=O) groups excluding carboxylic acids is 1. The zero-order valence-corrected chi connectivity index (χ0v) is 11.1. The maximum absolute atomic E-state index is 12.0. The molecule has 0 saturated heterocycles. The molecule has 0 saturated carbocycles. The third-order valence-electron chi connectivity index (χ3n) is 3.12. The molecule has 5 nitrogen and oxygen atoms in total. The summed E-state index contributed by atoms with van der Waals surface area (Å²) in [6.45, 7) is 0.846. The predicted molar refractivity (Wildman–Crippen MR) is 75.7 cm³/mol. The average molecular weight is 275 g/mol. The molecule has 0 fully saturated rings. The smallest absolute Gasteiger partial charge is 0.255 e. The van der Waals surface area contributed by atoms with Crippen LogP contribution in [0.2, 0.25) is 0 Å². The summed E-state index contributed by atoms with van der Waals surface area (Å²) in [6.07, 6.45) is 0. The van der Waals surface area contributed by atoms with E-state index >= 15 is 0 Å². The summed E-state index contributed by atoms with van der Waals surface area (Å²) >= 11 is 0. The minimum Gasteiger partial charge on any atom is -0.506 e. The monoisotopic (exact) mass is 275 g/mol. The van der Waals surface area contributed by atoms with E-state index < -0.39 is 18.1 Å². The Kier molecular flexibility index (Phi) is 3.92. The van der Waals surface area contributed by atoms with Crippen molar-refractivity contribution in [1.82, 2.24) is 5.32 Å². The number of hydrogen-bond donors (Lipinski definition) is 4. The molecule has 1 unspecified atom stereocenters. The number of amides is 1. The summed E-state index contributed by atoms with van der Waals surface area (Å²) in [7, 11) is 0. The third-order valence-corrected chi connectivity index (χ3v) is 3.12. The lowest BCUT2D eigenvalue weighted by atomic mass is 10.0. The lowest BCUT2D eigenvalue weighted by Gasteiger charge is -2.20. The van der Waals surface area contributed by atoms with Crippen LogP contribution in [0.15, 0.2) is 36.4 Å². The number of benzene rings is 2. The molecular weight excluding hydrogens is 258 g/mol. The van der Waals surface area contributed by atoms with Crippen molar-refractivity contribution in [3.63, 3.8) is 0 Å². The molecule has 106 valence electrons. The highest BCUT2D eigenvalue weighted by molar-refractivity contribution is 6.03. The predicted octanol–water partition coefficient (Wildman–Crippen LogP) is 1.02. The molecule has 0 heterocycles. The Morgan fingerprint density at radius 1 is 1.25 bits per heavy atom. The van der Waals surface area contributed by atoms with Crippen LogP contribution in [0.3, 0.4) is 0 Å². The summed E-state index contributed by atoms with van der Waals surface area (Å²) in [5, 5.41) is 32.6. The number of fused-ring (bicyclic) bond motifs is 1. The fourth-order valence-electron chi connectivity index (χ4n) is 1.86. The van der Waals surface area contributed by atoms with Gasteiger partial charge in [0.25, 0.3) is 5.91 Å². The number of aliphatic hydroxyl groups excluding tert-OH is 1. The fraction of sp³-hybridized carbons (Fsp3) is 0.267. The lowest BCUT2D eigenvalue weighted by Crippen LogP contribution is -2.43. The van der Waals surface area contributed by atoms with Gasteiger partial charge in [0.1, 0.15) is 11.4 Å². The quantitative estimate of drug-likeness (QED) is 0.670. The molecule has 0 aromatic heterocycles. The van der Waals surface area contributed by atoms with Crippen molar-refractivity contribution < 1.29 is 20.1 Å². The molecule has 4 N–H and O–H groups in total. The van der Waals surface area contributed by atoms with E-state index in [-0.39, 0.29) is 17.9 Å². The van der Waals surface area contributed by atoms with E-state index in [1.165, 1.54) is 13.0 Å². The fourth-order valence-corrected chi connectivity index (χ4v) is 1.86. The Morgan fingerprint density at radius 2 is 1.95 bits per heavy atom. The van der Waals surface area contributed by atoms with Gasteiger partial charge in [-0.1, -0.05) is 30.3 Å². The van der Waals surface area contributed by atoms with E-state index in [2.05, 4.69) is 5.32 Å². The van der Waals surface area contributed by atoms with E-state index in [1.54, 1.807) is 18.2 Å². The van der Waals surface area contributed by atoms with Crippen LogP contribution in [-0.4, -0.2) is 40.0 Å². The van der Waals surface area contributed by atoms with Crippen LogP contribution < -0.4 is 5.32 Å². The van der Waals surface area contributed by atoms with Gasteiger partial charge in [0.2, 0.25) is 0 Å². The van der Waals surface area contributed by atoms with Crippen molar-refractivity contribution in [1.29, 1.82) is 0 Å². The third kappa shape index (κ3) is 2.89. The van der Waals surface area contributed by atoms with Crippen molar-refractivity contribution in [2.45, 2.75) is 12.5 Å². The Bertz CT molecular complexity index is 637. The van der Waals surface area contributed by atoms with Crippen LogP contribution >= 0.6 is 0 Å². The molecule has 1 amide bonds. The largest absolute Gasteiger partial charge is 0.506 e. The minimum atomic E-state index is -1.39. The first-order valence-corrected chi connectivity index (χ1v) is 6.27. The van der Waals surface area contributed by atoms with Crippen LogP contribution in [0.1, 0.15) is 17.3 Å². The summed E-state index contributed by atoms with van der Waals surface area (Å²) in [6, 6.07) is 10.5. The highest BCUT2D eigenvalue weighted by Gasteiger charge is 2.21. The molecule has 20 heavy (non-hydrogen) atoms. The Morgan fingerprint density at radius 3 is 2.65 bits per heavy atom. The van der Waals surface area contributed by atoms with Crippen molar-refractivity contribution >= 4 is 16.7 Å². The molecular formula is C15H17NO4. The van der Waals surface area contributed by atoms with E-state index in [1.807, 2.05) is 12.1 Å². The van der Waals surface area contributed by atoms with Crippen LogP contribution in [0.25, 0.3) is 10.8 Å². The first kappa shape index (κ1) is 14.3. The molecule has 0 aliphatic heterocycles. The van der Waals surface area contributed by atoms with E-state index in [0.29, 0.717) is 5.39 Å². The van der Waals surface area contributed by atoms with Crippen molar-refractivity contribution in [2.24, 2.45) is 0 Å². The van der Waals surface area contributed by atoms with Crippen LogP contribution in [0, 0.1) is 0 Å². The molecule has 5 heteroatoms. The summed E-state index contributed by atoms with van der Waals surface area (Å²) in [5.41, 5.74) is -1.25. The van der Waals surface area contributed by atoms with Gasteiger partial charge in [0.15, 0.2) is 0 Å². The number of aliphatic hydroxyl groups is 2. The summed E-state index contributed by atoms with van der Waals surface area (Å²) < 4.78 is 0. The van der Waals surface area contributed by atoms with Gasteiger partial charge in [0.05, 0.1) is 12.2 Å². The van der Waals surface area contributed by atoms with E-state index in [0.717, 1.165) is 5.39 Å². The molecule has 0 radical (unpaired) electrons. The second-order valence-corrected chi connectivity index (χ2v) is 5.02. The molecule has 0 aliphatic rings. The number of aromatic hydroxyl groups is 1. The Balaban J connectivity index is 2.25. The topological polar surface area (TPSA) is 89.8 Å². The van der Waals surface area contributed by atoms with Crippen LogP contribution in [-0.2, 0) is 0 Å². The minimum absolute atomic E-state index is 0.0933. The highest BCUT2D eigenvalue weighted by Crippen LogP contribution is 2.28. The van der Waals surface area contributed by atoms with E-state index in [9.17, 15) is 15.0 Å². The number of phenols is 1. The van der Waals surface area contributed by atoms with Crippen molar-refractivity contribution in [3.8, 4) is 5.75 Å². The molecule has 2 aromatic carbocycles. The Hall–Kier alpha value is -2.11. The first-order chi connectivity index (χ1) is 9.44. The van der Waals surface area contributed by atoms with Gasteiger partial charge in [-0.05, 0) is 18.4 Å². The average Bonchev–Trinajstić information content (AvgIpc) is 2.45. The van der Waals surface area contributed by atoms with Gasteiger partial charge in [0, 0.05) is 11.9 Å². The SMILES string of the molecule is CC(O)(CO)CNC(=O)c1ccc2ccccc2c1O. The lowest BCUT2D eigenvalue weighted by molar-refractivity contribution is 0.00318. The maximum atomic E-state index is 12.0. The molecule has 0 spiro atoms. The molecule has 0 bridgehead atoms. The van der Waals surface area contributed by atoms with E-state index in [4.69, 9.17) is 5.11 Å². The molecule has 2 aromatic rings. The van der Waals surface area contributed by atoms with Gasteiger partial charge in [-0.2, -0.15) is 0 Å². The standard InChI is InChI=1S/C15H17NO4/c1-15(20,9-17)8-16-14(19)12-7-6-10-4-2-3-5-11(10)13(12)18/h2-7,17-18,20H,8-9H2,1H3,(H,16,19). The summed E-state index contributed by atoms with van der Waals surface area (Å²) in [5.74, 6) is -0.591. The van der Waals surface area contributed by atoms with Gasteiger partial charge in [-0.3, -0.25) is 4.79 Å². The van der Waals surface area contributed by atoms with Gasteiger partial charge in [-0.15, -0.1) is 0 Å². The molecule has 2 rings (SSSR count). The molecule has 1 atom stereocenters. The second kappa shape index (κ2) is 5.48. The van der Waals surface area contributed by atoms with Crippen molar-refractivity contribution in [3.05, 3.63) is 42.0 Å². The van der Waals surface area contributed by atoms with Crippen LogP contribution in [0.4, 0.5) is 0 Å². The number of nitrogens with one attached hydrogen (secondary N) is 1. The van der Waals surface area contributed by atoms with Gasteiger partial charge < -0.3 is 20.6 Å². The highest BCUT2D eigenvalue weighted by atomic mass is 16.3. The van der Waals surface area contributed by atoms with Gasteiger partial charge in [-0.25, -0.2) is 0 Å². The Labute approximate surface area is 116 Å². The van der Waals surface area contributed by atoms with Gasteiger partial charge >= 0.3 is 0 Å². The number of rotatable bonds is 4. The maximum Gasteiger partial charge on any atom is 0.255 e. The zero-order valence-electron chi connectivity index (χ0n) is 11.1. The number of carbonyl (C=O) groups is 1. The summed E-state index contributed by atoms with van der Waals surface area (Å²) in [4.78, 5) is 12.0. The van der Waals surface area contributed by atoms with Crippen LogP contribution in [0.5, 0.6) is 5.75 Å². The van der Waals surface area contributed by atoms with Crippen molar-refractivity contribution in [2.75, 3.05) is 13.2 Å². The second-order valence-electron chi connectivity index (χ2n) is 5.02.